The van der Waals surface area contributed by atoms with Crippen LogP contribution in [0.4, 0.5) is 11.6 Å². The minimum Gasteiger partial charge on any atom is -0.480 e. The number of piperazine rings is 1. The van der Waals surface area contributed by atoms with Gasteiger partial charge in [0.2, 0.25) is 11.8 Å². The topological polar surface area (TPSA) is 105 Å². The number of aromatic amines is 1. The molecule has 1 saturated heterocycles. The van der Waals surface area contributed by atoms with Crippen LogP contribution >= 0.6 is 0 Å². The average Bonchev–Trinajstić information content (AvgIpc) is 3.14. The van der Waals surface area contributed by atoms with Gasteiger partial charge in [-0.2, -0.15) is 10.1 Å². The molecule has 0 spiro atoms. The zero-order chi connectivity index (χ0) is 20.0. The normalized spacial score (nSPS) is 14.7. The Bertz CT molecular complexity index is 1260. The number of nitrogens with zero attached hydrogens (tertiary/aromatic N) is 7. The van der Waals surface area contributed by atoms with Crippen molar-refractivity contribution in [1.82, 2.24) is 29.7 Å². The van der Waals surface area contributed by atoms with Gasteiger partial charge in [0.05, 0.1) is 24.2 Å². The summed E-state index contributed by atoms with van der Waals surface area (Å²) in [6, 6.07) is 6.11. The third-order valence-corrected chi connectivity index (χ3v) is 5.31. The molecule has 0 unspecified atom stereocenters. The summed E-state index contributed by atoms with van der Waals surface area (Å²) in [5.74, 6) is 1.15. The molecule has 10 heteroatoms. The Morgan fingerprint density at radius 3 is 2.66 bits per heavy atom. The summed E-state index contributed by atoms with van der Waals surface area (Å²) in [5, 5.41) is 5.51. The maximum absolute atomic E-state index is 12.3. The summed E-state index contributed by atoms with van der Waals surface area (Å²) in [7, 11) is 3.40. The van der Waals surface area contributed by atoms with Crippen molar-refractivity contribution in [2.45, 2.75) is 0 Å². The predicted octanol–water partition coefficient (Wildman–Crippen LogP) is 0.935. The maximum atomic E-state index is 12.3. The summed E-state index contributed by atoms with van der Waals surface area (Å²) in [6.07, 6.45) is 3.05. The van der Waals surface area contributed by atoms with Gasteiger partial charge in [0.25, 0.3) is 5.56 Å². The van der Waals surface area contributed by atoms with Crippen LogP contribution in [0.1, 0.15) is 0 Å². The third-order valence-electron chi connectivity index (χ3n) is 5.31. The van der Waals surface area contributed by atoms with Crippen LogP contribution in [-0.2, 0) is 7.05 Å². The Labute approximate surface area is 165 Å². The molecule has 10 nitrogen and oxygen atoms in total. The molecule has 148 valence electrons. The lowest BCUT2D eigenvalue weighted by Crippen LogP contribution is -2.47. The minimum absolute atomic E-state index is 0.165. The van der Waals surface area contributed by atoms with Crippen molar-refractivity contribution in [1.29, 1.82) is 0 Å². The Kier molecular flexibility index (Phi) is 4.04. The number of fused-ring (bicyclic) bond motifs is 2. The molecule has 1 aromatic carbocycles. The van der Waals surface area contributed by atoms with Crippen LogP contribution in [0.25, 0.3) is 21.9 Å². The fourth-order valence-corrected chi connectivity index (χ4v) is 3.73. The summed E-state index contributed by atoms with van der Waals surface area (Å²) in [5.41, 5.74) is 2.37. The van der Waals surface area contributed by atoms with Gasteiger partial charge in [-0.05, 0) is 18.2 Å². The van der Waals surface area contributed by atoms with E-state index in [2.05, 4.69) is 47.0 Å². The predicted molar refractivity (Wildman–Crippen MR) is 110 cm³/mol. The first-order valence-corrected chi connectivity index (χ1v) is 9.35. The number of aromatic nitrogens is 6. The molecule has 3 aromatic heterocycles. The number of hydrogen-bond acceptors (Lipinski definition) is 8. The zero-order valence-electron chi connectivity index (χ0n) is 16.2. The average molecular weight is 392 g/mol. The molecule has 1 aliphatic rings. The molecule has 4 heterocycles. The van der Waals surface area contributed by atoms with Crippen molar-refractivity contribution >= 4 is 33.6 Å². The first-order valence-electron chi connectivity index (χ1n) is 9.35. The van der Waals surface area contributed by atoms with Crippen LogP contribution in [0.15, 0.2) is 35.5 Å². The Morgan fingerprint density at radius 1 is 1.07 bits per heavy atom. The lowest BCUT2D eigenvalue weighted by Gasteiger charge is -2.36. The van der Waals surface area contributed by atoms with Gasteiger partial charge in [-0.1, -0.05) is 0 Å². The molecule has 0 atom stereocenters. The van der Waals surface area contributed by atoms with Crippen LogP contribution in [0.2, 0.25) is 0 Å². The van der Waals surface area contributed by atoms with E-state index < -0.39 is 0 Å². The Morgan fingerprint density at radius 2 is 1.86 bits per heavy atom. The molecule has 0 radical (unpaired) electrons. The van der Waals surface area contributed by atoms with Gasteiger partial charge >= 0.3 is 0 Å². The van der Waals surface area contributed by atoms with E-state index in [-0.39, 0.29) is 5.56 Å². The standard InChI is InChI=1S/C19H20N8O2/c1-25-16-14(10-22-25)17(28)24-19(23-16)27-7-5-26(6-8-27)12-3-4-15-13(9-12)18(29-2)21-11-20-15/h3-4,9-11H,5-8H2,1-2H3,(H,23,24,28). The first kappa shape index (κ1) is 17.4. The van der Waals surface area contributed by atoms with E-state index >= 15 is 0 Å². The van der Waals surface area contributed by atoms with Crippen LogP contribution in [0, 0.1) is 0 Å². The van der Waals surface area contributed by atoms with Crippen LogP contribution in [0.3, 0.4) is 0 Å². The van der Waals surface area contributed by atoms with E-state index in [0.717, 1.165) is 42.8 Å². The van der Waals surface area contributed by atoms with Crippen molar-refractivity contribution in [3.05, 3.63) is 41.1 Å². The van der Waals surface area contributed by atoms with Gasteiger partial charge in [-0.15, -0.1) is 0 Å². The molecule has 0 bridgehead atoms. The molecule has 4 aromatic rings. The molecular weight excluding hydrogens is 372 g/mol. The van der Waals surface area contributed by atoms with Gasteiger partial charge in [-0.25, -0.2) is 9.97 Å². The largest absolute Gasteiger partial charge is 0.480 e. The van der Waals surface area contributed by atoms with Gasteiger partial charge in [0.15, 0.2) is 5.65 Å². The van der Waals surface area contributed by atoms with Crippen molar-refractivity contribution in [2.24, 2.45) is 7.05 Å². The smallest absolute Gasteiger partial charge is 0.263 e. The molecule has 0 amide bonds. The number of methoxy groups -OCH3 is 1. The van der Waals surface area contributed by atoms with E-state index in [1.807, 2.05) is 6.07 Å². The van der Waals surface area contributed by atoms with Crippen LogP contribution < -0.4 is 20.1 Å². The molecule has 1 fully saturated rings. The first-order chi connectivity index (χ1) is 14.1. The van der Waals surface area contributed by atoms with E-state index in [1.165, 1.54) is 6.33 Å². The van der Waals surface area contributed by atoms with E-state index in [9.17, 15) is 4.79 Å². The fourth-order valence-electron chi connectivity index (χ4n) is 3.73. The van der Waals surface area contributed by atoms with Gasteiger partial charge in [0, 0.05) is 38.9 Å². The minimum atomic E-state index is -0.165. The second-order valence-electron chi connectivity index (χ2n) is 6.95. The number of aryl methyl sites for hydroxylation is 1. The van der Waals surface area contributed by atoms with Crippen molar-refractivity contribution in [2.75, 3.05) is 43.1 Å². The van der Waals surface area contributed by atoms with Crippen molar-refractivity contribution in [3.8, 4) is 5.88 Å². The summed E-state index contributed by atoms with van der Waals surface area (Å²) in [6.45, 7) is 3.09. The van der Waals surface area contributed by atoms with E-state index in [4.69, 9.17) is 4.74 Å². The summed E-state index contributed by atoms with van der Waals surface area (Å²) < 4.78 is 6.99. The zero-order valence-corrected chi connectivity index (χ0v) is 16.2. The number of H-pyrrole nitrogens is 1. The molecule has 0 saturated carbocycles. The lowest BCUT2D eigenvalue weighted by molar-refractivity contribution is 0.402. The molecular formula is C19H20N8O2. The molecule has 1 aliphatic heterocycles. The Hall–Kier alpha value is -3.69. The van der Waals surface area contributed by atoms with Gasteiger partial charge < -0.3 is 14.5 Å². The second-order valence-corrected chi connectivity index (χ2v) is 6.95. The highest BCUT2D eigenvalue weighted by Gasteiger charge is 2.21. The fraction of sp³-hybridized carbons (Fsp3) is 0.316. The van der Waals surface area contributed by atoms with Crippen molar-refractivity contribution in [3.63, 3.8) is 0 Å². The maximum Gasteiger partial charge on any atom is 0.263 e. The number of ether oxygens (including phenoxy) is 1. The second kappa shape index (κ2) is 6.73. The number of anilines is 2. The van der Waals surface area contributed by atoms with Gasteiger partial charge in [-0.3, -0.25) is 14.5 Å². The number of benzene rings is 1. The number of rotatable bonds is 3. The molecule has 0 aliphatic carbocycles. The van der Waals surface area contributed by atoms with E-state index in [0.29, 0.717) is 22.9 Å². The quantitative estimate of drug-likeness (QED) is 0.549. The number of hydrogen-bond donors (Lipinski definition) is 1. The third kappa shape index (κ3) is 2.93. The Balaban J connectivity index is 1.39. The number of nitrogens with one attached hydrogen (secondary N) is 1. The highest BCUT2D eigenvalue weighted by molar-refractivity contribution is 5.86. The summed E-state index contributed by atoms with van der Waals surface area (Å²) >= 11 is 0. The van der Waals surface area contributed by atoms with Crippen LogP contribution in [-0.4, -0.2) is 63.0 Å². The van der Waals surface area contributed by atoms with Crippen LogP contribution in [0.5, 0.6) is 5.88 Å². The lowest BCUT2D eigenvalue weighted by atomic mass is 10.2. The molecule has 1 N–H and O–H groups in total. The summed E-state index contributed by atoms with van der Waals surface area (Å²) in [4.78, 5) is 32.7. The van der Waals surface area contributed by atoms with Gasteiger partial charge in [0.1, 0.15) is 11.7 Å². The highest BCUT2D eigenvalue weighted by atomic mass is 16.5. The van der Waals surface area contributed by atoms with Crippen molar-refractivity contribution < 1.29 is 4.74 Å². The van der Waals surface area contributed by atoms with E-state index in [1.54, 1.807) is 25.0 Å². The highest BCUT2D eigenvalue weighted by Crippen LogP contribution is 2.27. The SMILES string of the molecule is COc1ncnc2ccc(N3CCN(c4nc5c(cnn5C)c(=O)[nH]4)CC3)cc12. The molecule has 5 rings (SSSR count). The monoisotopic (exact) mass is 392 g/mol. The molecule has 29 heavy (non-hydrogen) atoms.